The third-order valence-electron chi connectivity index (χ3n) is 6.41. The zero-order chi connectivity index (χ0) is 24.9. The second-order valence-electron chi connectivity index (χ2n) is 9.29. The molecule has 1 amide bonds. The lowest BCUT2D eigenvalue weighted by Crippen LogP contribution is -2.52. The van der Waals surface area contributed by atoms with Crippen LogP contribution in [0.1, 0.15) is 53.3 Å². The number of hydrogen-bond acceptors (Lipinski definition) is 8. The maximum Gasteiger partial charge on any atom is 0.274 e. The summed E-state index contributed by atoms with van der Waals surface area (Å²) in [6, 6.07) is 0.978. The number of nitrogens with zero attached hydrogens (tertiary/aromatic N) is 5. The molecule has 2 fully saturated rings. The van der Waals surface area contributed by atoms with Crippen molar-refractivity contribution in [1.82, 2.24) is 24.8 Å². The van der Waals surface area contributed by atoms with E-state index in [9.17, 15) is 22.8 Å². The largest absolute Gasteiger partial charge is 0.348 e. The van der Waals surface area contributed by atoms with E-state index < -0.39 is 17.7 Å². The van der Waals surface area contributed by atoms with Gasteiger partial charge in [0, 0.05) is 50.4 Å². The van der Waals surface area contributed by atoms with E-state index in [1.807, 2.05) is 6.92 Å². The molecule has 0 spiro atoms. The fraction of sp³-hybridized carbons (Fsp3) is 0.478. The Morgan fingerprint density at radius 1 is 1.23 bits per heavy atom. The molecule has 1 atom stereocenters. The van der Waals surface area contributed by atoms with Crippen LogP contribution in [0.3, 0.4) is 0 Å². The van der Waals surface area contributed by atoms with Gasteiger partial charge in [-0.2, -0.15) is 4.98 Å². The molecule has 0 radical (unpaired) electrons. The van der Waals surface area contributed by atoms with E-state index in [-0.39, 0.29) is 54.6 Å². The fourth-order valence-electron chi connectivity index (χ4n) is 4.43. The molecule has 0 bridgehead atoms. The van der Waals surface area contributed by atoms with Crippen molar-refractivity contribution in [2.45, 2.75) is 45.1 Å². The van der Waals surface area contributed by atoms with Gasteiger partial charge in [-0.25, -0.2) is 23.1 Å². The van der Waals surface area contributed by atoms with E-state index in [0.29, 0.717) is 29.0 Å². The van der Waals surface area contributed by atoms with Crippen LogP contribution >= 0.6 is 11.3 Å². The van der Waals surface area contributed by atoms with Crippen molar-refractivity contribution < 1.29 is 22.8 Å². The van der Waals surface area contributed by atoms with Crippen LogP contribution in [-0.2, 0) is 4.79 Å². The minimum Gasteiger partial charge on any atom is -0.348 e. The van der Waals surface area contributed by atoms with Gasteiger partial charge in [-0.3, -0.25) is 14.6 Å². The summed E-state index contributed by atoms with van der Waals surface area (Å²) in [4.78, 5) is 44.2. The number of fused-ring (bicyclic) bond motifs is 1. The van der Waals surface area contributed by atoms with Crippen LogP contribution in [0, 0.1) is 24.6 Å². The SMILES string of the molecule is Cc1nc2nc(N[C@@H](C)c3cncc(F)c3)nc(C(=O)N3CC(CC(=O)C4CC(F)(F)C4)C3)c2s1. The van der Waals surface area contributed by atoms with Crippen LogP contribution in [0.15, 0.2) is 18.5 Å². The van der Waals surface area contributed by atoms with Crippen LogP contribution < -0.4 is 5.32 Å². The molecule has 0 aromatic carbocycles. The highest BCUT2D eigenvalue weighted by atomic mass is 32.1. The Morgan fingerprint density at radius 3 is 2.66 bits per heavy atom. The quantitative estimate of drug-likeness (QED) is 0.515. The summed E-state index contributed by atoms with van der Waals surface area (Å²) in [5, 5.41) is 3.81. The van der Waals surface area contributed by atoms with Crippen molar-refractivity contribution in [1.29, 1.82) is 0 Å². The number of anilines is 1. The first-order valence-electron chi connectivity index (χ1n) is 11.3. The molecule has 8 nitrogen and oxygen atoms in total. The Labute approximate surface area is 203 Å². The maximum absolute atomic E-state index is 13.6. The smallest absolute Gasteiger partial charge is 0.274 e. The lowest BCUT2D eigenvalue weighted by molar-refractivity contribution is -0.149. The molecule has 1 N–H and O–H groups in total. The van der Waals surface area contributed by atoms with Crippen LogP contribution in [0.25, 0.3) is 10.3 Å². The molecule has 4 heterocycles. The molecule has 1 saturated heterocycles. The normalized spacial score (nSPS) is 18.7. The van der Waals surface area contributed by atoms with Crippen molar-refractivity contribution >= 4 is 39.3 Å². The van der Waals surface area contributed by atoms with Gasteiger partial charge in [0.25, 0.3) is 5.91 Å². The summed E-state index contributed by atoms with van der Waals surface area (Å²) in [5.74, 6) is -4.07. The van der Waals surface area contributed by atoms with Gasteiger partial charge in [-0.05, 0) is 25.5 Å². The van der Waals surface area contributed by atoms with Gasteiger partial charge in [-0.1, -0.05) is 0 Å². The van der Waals surface area contributed by atoms with Crippen LogP contribution in [0.2, 0.25) is 0 Å². The first kappa shape index (κ1) is 23.6. The number of nitrogens with one attached hydrogen (secondary N) is 1. The number of thiazole rings is 1. The highest BCUT2D eigenvalue weighted by Crippen LogP contribution is 2.44. The zero-order valence-corrected chi connectivity index (χ0v) is 19.9. The number of ketones is 1. The molecule has 3 aromatic heterocycles. The third kappa shape index (κ3) is 4.84. The summed E-state index contributed by atoms with van der Waals surface area (Å²) >= 11 is 1.31. The first-order valence-corrected chi connectivity index (χ1v) is 12.1. The molecule has 5 rings (SSSR count). The molecule has 1 aliphatic carbocycles. The number of amides is 1. The van der Waals surface area contributed by atoms with Crippen molar-refractivity contribution in [2.75, 3.05) is 18.4 Å². The van der Waals surface area contributed by atoms with E-state index >= 15 is 0 Å². The number of carbonyl (C=O) groups excluding carboxylic acids is 2. The van der Waals surface area contributed by atoms with E-state index in [2.05, 4.69) is 25.3 Å². The van der Waals surface area contributed by atoms with Crippen LogP contribution in [0.5, 0.6) is 0 Å². The average Bonchev–Trinajstić information content (AvgIpc) is 3.13. The van der Waals surface area contributed by atoms with E-state index in [4.69, 9.17) is 0 Å². The van der Waals surface area contributed by atoms with Gasteiger partial charge >= 0.3 is 0 Å². The Kier molecular flexibility index (Phi) is 5.94. The summed E-state index contributed by atoms with van der Waals surface area (Å²) < 4.78 is 40.2. The molecule has 1 aliphatic heterocycles. The highest BCUT2D eigenvalue weighted by molar-refractivity contribution is 7.18. The number of Topliss-reactive ketones (excluding diaryl/α,β-unsaturated/α-hetero) is 1. The molecular weight excluding hydrogens is 481 g/mol. The fourth-order valence-corrected chi connectivity index (χ4v) is 5.27. The van der Waals surface area contributed by atoms with Gasteiger partial charge in [0.2, 0.25) is 11.9 Å². The number of aryl methyl sites for hydroxylation is 1. The minimum atomic E-state index is -2.72. The monoisotopic (exact) mass is 504 g/mol. The molecule has 12 heteroatoms. The summed E-state index contributed by atoms with van der Waals surface area (Å²) in [6.45, 7) is 4.34. The Morgan fingerprint density at radius 2 is 1.97 bits per heavy atom. The molecular formula is C23H23F3N6O2S. The lowest BCUT2D eigenvalue weighted by atomic mass is 9.75. The van der Waals surface area contributed by atoms with E-state index in [1.165, 1.54) is 23.6 Å². The maximum atomic E-state index is 13.6. The zero-order valence-electron chi connectivity index (χ0n) is 19.1. The minimum absolute atomic E-state index is 0.0423. The highest BCUT2D eigenvalue weighted by Gasteiger charge is 2.49. The summed E-state index contributed by atoms with van der Waals surface area (Å²) in [6.07, 6.45) is 2.11. The number of aromatic nitrogens is 4. The van der Waals surface area contributed by atoms with Crippen molar-refractivity contribution in [3.8, 4) is 0 Å². The molecule has 2 aliphatic rings. The molecule has 35 heavy (non-hydrogen) atoms. The summed E-state index contributed by atoms with van der Waals surface area (Å²) in [5.41, 5.74) is 1.18. The van der Waals surface area contributed by atoms with Crippen LogP contribution in [-0.4, -0.2) is 55.5 Å². The summed E-state index contributed by atoms with van der Waals surface area (Å²) in [7, 11) is 0. The van der Waals surface area contributed by atoms with Gasteiger partial charge < -0.3 is 10.2 Å². The predicted molar refractivity (Wildman–Crippen MR) is 123 cm³/mol. The molecule has 1 saturated carbocycles. The molecule has 3 aromatic rings. The molecule has 184 valence electrons. The number of carbonyl (C=O) groups is 2. The number of pyridine rings is 1. The number of hydrogen-bond donors (Lipinski definition) is 1. The van der Waals surface area contributed by atoms with E-state index in [1.54, 1.807) is 11.8 Å². The second-order valence-corrected chi connectivity index (χ2v) is 10.5. The Balaban J connectivity index is 1.29. The standard InChI is InChI=1S/C23H23F3N6O2S/c1-11(14-4-16(24)8-27-7-14)28-22-30-18(19-20(31-22)29-12(2)35-19)21(34)32-9-13(10-32)3-17(33)15-5-23(25,26)6-15/h4,7-8,11,13,15H,3,5-6,9-10H2,1-2H3,(H,28,30,31)/t11-/m0/s1. The van der Waals surface area contributed by atoms with Gasteiger partial charge in [-0.15, -0.1) is 11.3 Å². The molecule has 0 unspecified atom stereocenters. The van der Waals surface area contributed by atoms with Crippen molar-refractivity contribution in [2.24, 2.45) is 11.8 Å². The number of alkyl halides is 2. The van der Waals surface area contributed by atoms with Gasteiger partial charge in [0.05, 0.1) is 17.2 Å². The lowest BCUT2D eigenvalue weighted by Gasteiger charge is -2.40. The third-order valence-corrected chi connectivity index (χ3v) is 7.38. The first-order chi connectivity index (χ1) is 16.6. The Bertz CT molecular complexity index is 1300. The Hall–Kier alpha value is -3.15. The van der Waals surface area contributed by atoms with Crippen LogP contribution in [0.4, 0.5) is 19.1 Å². The average molecular weight is 505 g/mol. The number of rotatable bonds is 7. The van der Waals surface area contributed by atoms with Crippen molar-refractivity contribution in [3.05, 3.63) is 40.5 Å². The second kappa shape index (κ2) is 8.81. The van der Waals surface area contributed by atoms with Crippen molar-refractivity contribution in [3.63, 3.8) is 0 Å². The number of likely N-dealkylation sites (tertiary alicyclic amines) is 1. The predicted octanol–water partition coefficient (Wildman–Crippen LogP) is 4.18. The topological polar surface area (TPSA) is 101 Å². The van der Waals surface area contributed by atoms with Gasteiger partial charge in [0.1, 0.15) is 16.3 Å². The van der Waals surface area contributed by atoms with Gasteiger partial charge in [0.15, 0.2) is 11.3 Å². The van der Waals surface area contributed by atoms with E-state index in [0.717, 1.165) is 11.2 Å². The number of halogens is 3.